The summed E-state index contributed by atoms with van der Waals surface area (Å²) >= 11 is 0. The first-order valence-electron chi connectivity index (χ1n) is 0. The smallest absolute Gasteiger partial charge is 0.358 e. The minimum absolute atomic E-state index is 0. The van der Waals surface area contributed by atoms with Crippen molar-refractivity contribution in [1.29, 1.82) is 0 Å². The van der Waals surface area contributed by atoms with Crippen LogP contribution in [0, 0.1) is 14.9 Å². The fourth-order valence-electron chi connectivity index (χ4n) is 0. The van der Waals surface area contributed by atoms with Crippen molar-refractivity contribution in [2.45, 2.75) is 29.7 Å². The van der Waals surface area contributed by atoms with Gasteiger partial charge in [-0.2, -0.15) is 0 Å². The normalized spacial score (nSPS) is 0. The van der Waals surface area contributed by atoms with E-state index in [0.717, 1.165) is 0 Å². The molecule has 0 nitrogen and oxygen atoms in total. The molecule has 0 unspecified atom stereocenters. The van der Waals surface area contributed by atoms with Gasteiger partial charge in [-0.25, -0.2) is 0 Å². The van der Waals surface area contributed by atoms with Crippen LogP contribution in [0.25, 0.3) is 0 Å². The van der Waals surface area contributed by atoms with E-state index >= 15 is 0 Å². The Morgan fingerprint density at radius 3 is 0.417 bits per heavy atom. The number of hydrogen-bond donors (Lipinski definition) is 0. The second kappa shape index (κ2) is 164. The van der Waals surface area contributed by atoms with Gasteiger partial charge >= 0.3 is 136 Å². The molecule has 0 amide bonds. The first-order chi connectivity index (χ1) is 0. The van der Waals surface area contributed by atoms with Crippen LogP contribution in [-0.2, 0) is 0 Å². The van der Waals surface area contributed by atoms with E-state index in [1.165, 1.54) is 0 Å². The summed E-state index contributed by atoms with van der Waals surface area (Å²) in [5.74, 6) is 0. The molecule has 0 N–H and O–H groups in total. The molecule has 0 rings (SSSR count). The molecule has 6 heteroatoms. The van der Waals surface area contributed by atoms with E-state index in [0.29, 0.717) is 0 Å². The monoisotopic (exact) mass is 186 g/mol. The van der Waals surface area contributed by atoms with Crippen LogP contribution in [-0.4, -0.2) is 60.8 Å². The van der Waals surface area contributed by atoms with Gasteiger partial charge in [0.15, 0.2) is 0 Å². The Hall–Kier alpha value is 4.42. The van der Waals surface area contributed by atoms with Gasteiger partial charge in [0.05, 0.1) is 0 Å². The Morgan fingerprint density at radius 2 is 0.417 bits per heavy atom. The molecule has 48 valence electrons. The third-order valence-corrected chi connectivity index (χ3v) is 0. The van der Waals surface area contributed by atoms with Crippen LogP contribution in [0.2, 0.25) is 0 Å². The summed E-state index contributed by atoms with van der Waals surface area (Å²) in [4.78, 5) is 0. The van der Waals surface area contributed by atoms with Crippen LogP contribution >= 0.6 is 0 Å². The van der Waals surface area contributed by atoms with Gasteiger partial charge in [-0.05, 0) is 0 Å². The summed E-state index contributed by atoms with van der Waals surface area (Å²) in [6.45, 7) is 0. The summed E-state index contributed by atoms with van der Waals surface area (Å²) in [5.41, 5.74) is 0. The second-order valence-electron chi connectivity index (χ2n) is 0. The summed E-state index contributed by atoms with van der Waals surface area (Å²) in [6, 6.07) is 0. The molecule has 0 saturated carbocycles. The van der Waals surface area contributed by atoms with Gasteiger partial charge < -0.3 is 14.9 Å². The quantitative estimate of drug-likeness (QED) is 0.260. The standard InChI is InChI=1S/4CH4.2CH3.Ca.4Li.Mg/h4*1H4;2*1H3;;;;;;/q;;;;2*-1;+2;4*+1;+2. The zero-order chi connectivity index (χ0) is 0. The third kappa shape index (κ3) is 133. The molecule has 0 saturated heterocycles. The average Bonchev–Trinajstić information content (AvgIpc) is 0. The van der Waals surface area contributed by atoms with E-state index < -0.39 is 0 Å². The van der Waals surface area contributed by atoms with Crippen LogP contribution in [0.1, 0.15) is 29.7 Å². The summed E-state index contributed by atoms with van der Waals surface area (Å²) in [7, 11) is 0. The minimum atomic E-state index is 0. The fourth-order valence-corrected chi connectivity index (χ4v) is 0. The van der Waals surface area contributed by atoms with E-state index in [2.05, 4.69) is 0 Å². The van der Waals surface area contributed by atoms with Gasteiger partial charge in [-0.3, -0.25) is 0 Å². The van der Waals surface area contributed by atoms with Gasteiger partial charge in [0.1, 0.15) is 0 Å². The molecule has 0 radical (unpaired) electrons. The molecule has 0 bridgehead atoms. The molecule has 0 aromatic rings. The van der Waals surface area contributed by atoms with Crippen molar-refractivity contribution in [3.05, 3.63) is 14.9 Å². The molecular weight excluding hydrogens is 164 g/mol. The predicted molar refractivity (Wildman–Crippen MR) is 51.3 cm³/mol. The maximum absolute atomic E-state index is 0. The van der Waals surface area contributed by atoms with Crippen molar-refractivity contribution in [2.75, 3.05) is 0 Å². The topological polar surface area (TPSA) is 0 Å². The Labute approximate surface area is 177 Å². The van der Waals surface area contributed by atoms with Crippen molar-refractivity contribution in [3.8, 4) is 0 Å². The molecular formula is C6H22CaLi4Mg+6. The zero-order valence-electron chi connectivity index (χ0n) is 7.41. The maximum atomic E-state index is 0. The largest absolute Gasteiger partial charge is 2.00 e. The summed E-state index contributed by atoms with van der Waals surface area (Å²) in [5, 5.41) is 0. The molecule has 12 heavy (non-hydrogen) atoms. The molecule has 0 aliphatic carbocycles. The molecule has 0 heterocycles. The van der Waals surface area contributed by atoms with Crippen molar-refractivity contribution in [3.63, 3.8) is 0 Å². The fraction of sp³-hybridized carbons (Fsp3) is 0.667. The number of rotatable bonds is 0. The number of hydrogen-bond acceptors (Lipinski definition) is 0. The third-order valence-electron chi connectivity index (χ3n) is 0. The van der Waals surface area contributed by atoms with E-state index in [9.17, 15) is 0 Å². The second-order valence-corrected chi connectivity index (χ2v) is 0. The maximum Gasteiger partial charge on any atom is 2.00 e. The molecule has 0 aliphatic rings. The Balaban J connectivity index is 0. The van der Waals surface area contributed by atoms with Crippen molar-refractivity contribution in [2.24, 2.45) is 0 Å². The van der Waals surface area contributed by atoms with E-state index in [4.69, 9.17) is 0 Å². The van der Waals surface area contributed by atoms with Crippen LogP contribution < -0.4 is 75.4 Å². The zero-order valence-corrected chi connectivity index (χ0v) is 11.0. The van der Waals surface area contributed by atoms with E-state index in [1.807, 2.05) is 0 Å². The Kier molecular flexibility index (Phi) is 2740. The summed E-state index contributed by atoms with van der Waals surface area (Å²) < 4.78 is 0. The van der Waals surface area contributed by atoms with Crippen LogP contribution in [0.3, 0.4) is 0 Å². The van der Waals surface area contributed by atoms with Crippen LogP contribution in [0.5, 0.6) is 0 Å². The van der Waals surface area contributed by atoms with Gasteiger partial charge in [0.25, 0.3) is 0 Å². The Bertz CT molecular complexity index is 19.5. The van der Waals surface area contributed by atoms with Gasteiger partial charge in [-0.1, -0.05) is 29.7 Å². The molecule has 0 aliphatic heterocycles. The van der Waals surface area contributed by atoms with Crippen molar-refractivity contribution < 1.29 is 75.4 Å². The van der Waals surface area contributed by atoms with E-state index in [1.54, 1.807) is 0 Å². The van der Waals surface area contributed by atoms with Crippen LogP contribution in [0.15, 0.2) is 0 Å². The molecule has 0 fully saturated rings. The molecule has 0 spiro atoms. The molecule has 0 aromatic carbocycles. The van der Waals surface area contributed by atoms with Crippen molar-refractivity contribution >= 4 is 60.8 Å². The van der Waals surface area contributed by atoms with Crippen molar-refractivity contribution in [1.82, 2.24) is 0 Å². The van der Waals surface area contributed by atoms with E-state index in [-0.39, 0.29) is 181 Å². The predicted octanol–water partition coefficient (Wildman–Crippen LogP) is -9.30. The molecule has 0 atom stereocenters. The Morgan fingerprint density at radius 1 is 0.417 bits per heavy atom. The van der Waals surface area contributed by atoms with Crippen LogP contribution in [0.4, 0.5) is 0 Å². The first-order valence-corrected chi connectivity index (χ1v) is 0. The average molecular weight is 186 g/mol. The van der Waals surface area contributed by atoms with Gasteiger partial charge in [0, 0.05) is 0 Å². The SMILES string of the molecule is C.C.C.C.[CH3-].[CH3-].[Ca+2].[Li+].[Li+].[Li+].[Li+].[Mg+2]. The molecule has 0 aromatic heterocycles. The first kappa shape index (κ1) is 200. The summed E-state index contributed by atoms with van der Waals surface area (Å²) in [6.07, 6.45) is 0. The minimum Gasteiger partial charge on any atom is -0.358 e. The van der Waals surface area contributed by atoms with Gasteiger partial charge in [-0.15, -0.1) is 0 Å². The van der Waals surface area contributed by atoms with Gasteiger partial charge in [0.2, 0.25) is 0 Å².